The molecule has 0 saturated carbocycles. The fourth-order valence-corrected chi connectivity index (χ4v) is 3.44. The number of aromatic amines is 1. The highest BCUT2D eigenvalue weighted by Crippen LogP contribution is 2.20. The van der Waals surface area contributed by atoms with Crippen molar-refractivity contribution in [1.29, 1.82) is 0 Å². The number of hydrogen-bond donors (Lipinski definition) is 2. The first-order valence-corrected chi connectivity index (χ1v) is 10.00. The smallest absolute Gasteiger partial charge is 0.316 e. The Hall–Kier alpha value is -2.88. The van der Waals surface area contributed by atoms with Gasteiger partial charge >= 0.3 is 5.97 Å². The Morgan fingerprint density at radius 1 is 1.24 bits per heavy atom. The van der Waals surface area contributed by atoms with Gasteiger partial charge in [-0.15, -0.1) is 11.8 Å². The Morgan fingerprint density at radius 2 is 1.93 bits per heavy atom. The molecule has 9 nitrogen and oxygen atoms in total. The van der Waals surface area contributed by atoms with Crippen LogP contribution in [-0.4, -0.2) is 51.2 Å². The van der Waals surface area contributed by atoms with Crippen LogP contribution < -0.4 is 5.32 Å². The molecule has 10 heteroatoms. The van der Waals surface area contributed by atoms with Gasteiger partial charge in [-0.2, -0.15) is 0 Å². The van der Waals surface area contributed by atoms with Gasteiger partial charge in [0.25, 0.3) is 0 Å². The Balaban J connectivity index is 1.82. The molecule has 1 unspecified atom stereocenters. The summed E-state index contributed by atoms with van der Waals surface area (Å²) in [5.41, 5.74) is 1.86. The second-order valence-electron chi connectivity index (χ2n) is 6.54. The van der Waals surface area contributed by atoms with E-state index in [1.807, 2.05) is 0 Å². The summed E-state index contributed by atoms with van der Waals surface area (Å²) < 4.78 is 10.0. The van der Waals surface area contributed by atoms with Gasteiger partial charge in [0.2, 0.25) is 11.7 Å². The summed E-state index contributed by atoms with van der Waals surface area (Å²) in [6.45, 7) is 7.98. The first-order valence-electron chi connectivity index (χ1n) is 8.84. The van der Waals surface area contributed by atoms with Gasteiger partial charge in [0.05, 0.1) is 17.2 Å². The molecule has 2 rings (SSSR count). The standard InChI is InChI=1S/C19H23N3O6S/c1-9-6-14(22-28-9)21-15(24)7-29-8-16(25)27-13(5)19(26)18-10(2)17(12(4)23)11(3)20-18/h6,13,20H,7-8H2,1-5H3,(H,21,22,24). The minimum atomic E-state index is -1.02. The molecule has 2 N–H and O–H groups in total. The molecule has 1 amide bonds. The number of aromatic nitrogens is 2. The van der Waals surface area contributed by atoms with Gasteiger partial charge in [-0.25, -0.2) is 0 Å². The molecule has 0 spiro atoms. The average molecular weight is 421 g/mol. The summed E-state index contributed by atoms with van der Waals surface area (Å²) in [7, 11) is 0. The van der Waals surface area contributed by atoms with E-state index >= 15 is 0 Å². The molecule has 0 saturated heterocycles. The number of aryl methyl sites for hydroxylation is 2. The van der Waals surface area contributed by atoms with Gasteiger partial charge in [-0.3, -0.25) is 19.2 Å². The third-order valence-electron chi connectivity index (χ3n) is 4.06. The summed E-state index contributed by atoms with van der Waals surface area (Å²) in [5.74, 6) is -0.728. The Morgan fingerprint density at radius 3 is 2.48 bits per heavy atom. The number of esters is 1. The molecule has 156 valence electrons. The van der Waals surface area contributed by atoms with Gasteiger partial charge in [-0.1, -0.05) is 5.16 Å². The van der Waals surface area contributed by atoms with Crippen LogP contribution in [0.2, 0.25) is 0 Å². The van der Waals surface area contributed by atoms with E-state index in [0.29, 0.717) is 28.4 Å². The number of Topliss-reactive ketones (excluding diaryl/α,β-unsaturated/α-hetero) is 2. The maximum atomic E-state index is 12.6. The molecular weight excluding hydrogens is 398 g/mol. The lowest BCUT2D eigenvalue weighted by Crippen LogP contribution is -2.26. The van der Waals surface area contributed by atoms with Crippen molar-refractivity contribution >= 4 is 41.0 Å². The summed E-state index contributed by atoms with van der Waals surface area (Å²) in [4.78, 5) is 50.9. The predicted molar refractivity (Wildman–Crippen MR) is 107 cm³/mol. The molecule has 0 aliphatic rings. The number of rotatable bonds is 9. The summed E-state index contributed by atoms with van der Waals surface area (Å²) in [6, 6.07) is 1.58. The molecule has 2 aromatic rings. The zero-order valence-corrected chi connectivity index (χ0v) is 17.7. The third kappa shape index (κ3) is 5.80. The molecule has 0 aliphatic carbocycles. The van der Waals surface area contributed by atoms with Crippen LogP contribution in [0.5, 0.6) is 0 Å². The SMILES string of the molecule is CC(=O)c1c(C)[nH]c(C(=O)C(C)OC(=O)CSCC(=O)Nc2cc(C)on2)c1C. The molecule has 0 bridgehead atoms. The van der Waals surface area contributed by atoms with Crippen LogP contribution in [-0.2, 0) is 14.3 Å². The second kappa shape index (κ2) is 9.55. The molecule has 1 atom stereocenters. The minimum Gasteiger partial charge on any atom is -0.454 e. The summed E-state index contributed by atoms with van der Waals surface area (Å²) >= 11 is 1.05. The fraction of sp³-hybridized carbons (Fsp3) is 0.421. The zero-order valence-electron chi connectivity index (χ0n) is 16.9. The minimum absolute atomic E-state index is 0.0141. The van der Waals surface area contributed by atoms with Crippen molar-refractivity contribution in [2.24, 2.45) is 0 Å². The third-order valence-corrected chi connectivity index (χ3v) is 4.97. The fourth-order valence-electron chi connectivity index (χ4n) is 2.84. The van der Waals surface area contributed by atoms with E-state index in [-0.39, 0.29) is 28.9 Å². The highest BCUT2D eigenvalue weighted by Gasteiger charge is 2.26. The van der Waals surface area contributed by atoms with Gasteiger partial charge in [0.15, 0.2) is 17.7 Å². The van der Waals surface area contributed by atoms with E-state index < -0.39 is 17.9 Å². The Labute approximate surface area is 171 Å². The highest BCUT2D eigenvalue weighted by atomic mass is 32.2. The van der Waals surface area contributed by atoms with Crippen LogP contribution in [0.3, 0.4) is 0 Å². The maximum Gasteiger partial charge on any atom is 0.316 e. The van der Waals surface area contributed by atoms with Crippen LogP contribution in [0.25, 0.3) is 0 Å². The molecule has 0 aliphatic heterocycles. The van der Waals surface area contributed by atoms with E-state index in [4.69, 9.17) is 9.26 Å². The van der Waals surface area contributed by atoms with Gasteiger partial charge in [0, 0.05) is 17.3 Å². The highest BCUT2D eigenvalue weighted by molar-refractivity contribution is 8.00. The van der Waals surface area contributed by atoms with E-state index in [1.54, 1.807) is 26.8 Å². The quantitative estimate of drug-likeness (QED) is 0.466. The number of amides is 1. The predicted octanol–water partition coefficient (Wildman–Crippen LogP) is 2.62. The maximum absolute atomic E-state index is 12.6. The number of ether oxygens (including phenoxy) is 1. The largest absolute Gasteiger partial charge is 0.454 e. The monoisotopic (exact) mass is 421 g/mol. The van der Waals surface area contributed by atoms with E-state index in [1.165, 1.54) is 13.8 Å². The van der Waals surface area contributed by atoms with Crippen LogP contribution in [0.15, 0.2) is 10.6 Å². The number of carbonyl (C=O) groups is 4. The first kappa shape index (κ1) is 22.4. The molecule has 29 heavy (non-hydrogen) atoms. The van der Waals surface area contributed by atoms with Crippen molar-refractivity contribution in [2.45, 2.75) is 40.7 Å². The van der Waals surface area contributed by atoms with Crippen LogP contribution in [0.4, 0.5) is 5.82 Å². The van der Waals surface area contributed by atoms with Gasteiger partial charge in [0.1, 0.15) is 5.76 Å². The number of nitrogens with zero attached hydrogens (tertiary/aromatic N) is 1. The number of carbonyl (C=O) groups excluding carboxylic acids is 4. The normalized spacial score (nSPS) is 11.8. The molecule has 2 heterocycles. The van der Waals surface area contributed by atoms with E-state index in [0.717, 1.165) is 11.8 Å². The molecule has 2 aromatic heterocycles. The molecular formula is C19H23N3O6S. The van der Waals surface area contributed by atoms with Gasteiger partial charge < -0.3 is 19.6 Å². The number of nitrogens with one attached hydrogen (secondary N) is 2. The first-order chi connectivity index (χ1) is 13.6. The van der Waals surface area contributed by atoms with Crippen molar-refractivity contribution in [3.8, 4) is 0 Å². The Bertz CT molecular complexity index is 946. The second-order valence-corrected chi connectivity index (χ2v) is 7.53. The lowest BCUT2D eigenvalue weighted by Gasteiger charge is -2.12. The van der Waals surface area contributed by atoms with Crippen molar-refractivity contribution in [3.63, 3.8) is 0 Å². The summed E-state index contributed by atoms with van der Waals surface area (Å²) in [5, 5.41) is 6.18. The number of anilines is 1. The Kier molecular flexibility index (Phi) is 7.38. The average Bonchev–Trinajstić information content (AvgIpc) is 3.16. The van der Waals surface area contributed by atoms with Crippen LogP contribution >= 0.6 is 11.8 Å². The molecule has 0 fully saturated rings. The van der Waals surface area contributed by atoms with Crippen LogP contribution in [0, 0.1) is 20.8 Å². The summed E-state index contributed by atoms with van der Waals surface area (Å²) in [6.07, 6.45) is -1.02. The van der Waals surface area contributed by atoms with Gasteiger partial charge in [-0.05, 0) is 40.2 Å². The van der Waals surface area contributed by atoms with E-state index in [9.17, 15) is 19.2 Å². The van der Waals surface area contributed by atoms with E-state index in [2.05, 4.69) is 15.5 Å². The number of H-pyrrole nitrogens is 1. The van der Waals surface area contributed by atoms with Crippen molar-refractivity contribution in [2.75, 3.05) is 16.8 Å². The molecule has 0 aromatic carbocycles. The lowest BCUT2D eigenvalue weighted by atomic mass is 10.0. The van der Waals surface area contributed by atoms with Crippen molar-refractivity contribution in [1.82, 2.24) is 10.1 Å². The van der Waals surface area contributed by atoms with Crippen molar-refractivity contribution < 1.29 is 28.4 Å². The lowest BCUT2D eigenvalue weighted by molar-refractivity contribution is -0.143. The topological polar surface area (TPSA) is 131 Å². The number of hydrogen-bond acceptors (Lipinski definition) is 8. The molecule has 0 radical (unpaired) electrons. The number of ketones is 2. The zero-order chi connectivity index (χ0) is 21.7. The van der Waals surface area contributed by atoms with Crippen molar-refractivity contribution in [3.05, 3.63) is 34.3 Å². The van der Waals surface area contributed by atoms with Crippen LogP contribution in [0.1, 0.15) is 51.7 Å². The number of thioether (sulfide) groups is 1.